The van der Waals surface area contributed by atoms with Crippen LogP contribution in [0.3, 0.4) is 0 Å². The number of anilines is 1. The Kier molecular flexibility index (Phi) is 5.51. The van der Waals surface area contributed by atoms with Crippen LogP contribution in [0.15, 0.2) is 47.8 Å². The Bertz CT molecular complexity index is 1360. The lowest BCUT2D eigenvalue weighted by molar-refractivity contribution is 0.201. The van der Waals surface area contributed by atoms with Gasteiger partial charge in [0, 0.05) is 25.8 Å². The summed E-state index contributed by atoms with van der Waals surface area (Å²) in [5.74, 6) is 1.84. The van der Waals surface area contributed by atoms with Gasteiger partial charge in [0.1, 0.15) is 36.5 Å². The van der Waals surface area contributed by atoms with Crippen molar-refractivity contribution < 1.29 is 9.47 Å². The molecule has 0 fully saturated rings. The summed E-state index contributed by atoms with van der Waals surface area (Å²) in [4.78, 5) is 24.8. The number of hydrogen-bond donors (Lipinski definition) is 0. The van der Waals surface area contributed by atoms with E-state index < -0.39 is 0 Å². The Balaban J connectivity index is 1.59. The predicted octanol–water partition coefficient (Wildman–Crippen LogP) is 2.47. The van der Waals surface area contributed by atoms with Gasteiger partial charge in [0.25, 0.3) is 5.56 Å². The monoisotopic (exact) mass is 447 g/mol. The molecule has 0 aliphatic carbocycles. The average Bonchev–Trinajstić information content (AvgIpc) is 3.33. The van der Waals surface area contributed by atoms with Gasteiger partial charge in [-0.05, 0) is 32.0 Å². The molecule has 1 aliphatic heterocycles. The molecule has 4 aromatic rings. The molecule has 1 aliphatic rings. The summed E-state index contributed by atoms with van der Waals surface area (Å²) >= 11 is 0. The molecule has 0 amide bonds. The number of pyridine rings is 1. The third-order valence-corrected chi connectivity index (χ3v) is 5.70. The maximum Gasteiger partial charge on any atom is 0.267 e. The van der Waals surface area contributed by atoms with Crippen molar-refractivity contribution in [1.82, 2.24) is 29.3 Å². The first-order valence-electron chi connectivity index (χ1n) is 10.9. The normalized spacial score (nSPS) is 13.4. The molecular formula is C23H25N7O3. The highest BCUT2D eigenvalue weighted by Crippen LogP contribution is 2.34. The second-order valence-corrected chi connectivity index (χ2v) is 8.12. The standard InChI is InChI=1S/C23H25N7O3/c1-15(2)29-14-25-27-22(29)17-5-4-6-21(26-17)30-13-24-18-12-20-19(11-16(18)23(30)31)28(7-9-32-3)8-10-33-20/h4-6,11-15H,7-10H2,1-3H3. The van der Waals surface area contributed by atoms with Gasteiger partial charge in [-0.3, -0.25) is 9.36 Å². The fraction of sp³-hybridized carbons (Fsp3) is 0.348. The first-order valence-corrected chi connectivity index (χ1v) is 10.9. The van der Waals surface area contributed by atoms with Crippen LogP contribution in [0, 0.1) is 0 Å². The summed E-state index contributed by atoms with van der Waals surface area (Å²) in [7, 11) is 1.68. The van der Waals surface area contributed by atoms with E-state index in [0.717, 1.165) is 18.0 Å². The highest BCUT2D eigenvalue weighted by Gasteiger charge is 2.21. The number of benzene rings is 1. The van der Waals surface area contributed by atoms with Crippen LogP contribution in [0.1, 0.15) is 19.9 Å². The zero-order valence-electron chi connectivity index (χ0n) is 18.8. The summed E-state index contributed by atoms with van der Waals surface area (Å²) in [6, 6.07) is 9.34. The Hall–Kier alpha value is -3.79. The minimum absolute atomic E-state index is 0.181. The van der Waals surface area contributed by atoms with Gasteiger partial charge in [0.05, 0.1) is 29.7 Å². The van der Waals surface area contributed by atoms with Crippen molar-refractivity contribution in [2.24, 2.45) is 0 Å². The van der Waals surface area contributed by atoms with Crippen molar-refractivity contribution >= 4 is 16.6 Å². The summed E-state index contributed by atoms with van der Waals surface area (Å²) in [6.07, 6.45) is 3.18. The Morgan fingerprint density at radius 3 is 2.91 bits per heavy atom. The third kappa shape index (κ3) is 3.82. The predicted molar refractivity (Wildman–Crippen MR) is 124 cm³/mol. The number of ether oxygens (including phenoxy) is 2. The number of nitrogens with zero attached hydrogens (tertiary/aromatic N) is 7. The van der Waals surface area contributed by atoms with Crippen LogP contribution < -0.4 is 15.2 Å². The van der Waals surface area contributed by atoms with Gasteiger partial charge in [-0.1, -0.05) is 6.07 Å². The molecule has 10 heteroatoms. The van der Waals surface area contributed by atoms with Gasteiger partial charge in [0.15, 0.2) is 5.82 Å². The van der Waals surface area contributed by atoms with Gasteiger partial charge in [-0.25, -0.2) is 9.97 Å². The van der Waals surface area contributed by atoms with E-state index in [2.05, 4.69) is 38.9 Å². The molecule has 33 heavy (non-hydrogen) atoms. The molecule has 10 nitrogen and oxygen atoms in total. The number of rotatable bonds is 6. The molecule has 0 saturated heterocycles. The molecule has 0 atom stereocenters. The lowest BCUT2D eigenvalue weighted by atomic mass is 10.1. The van der Waals surface area contributed by atoms with Crippen LogP contribution in [0.5, 0.6) is 5.75 Å². The van der Waals surface area contributed by atoms with E-state index in [-0.39, 0.29) is 11.6 Å². The maximum atomic E-state index is 13.5. The van der Waals surface area contributed by atoms with Crippen molar-refractivity contribution in [3.8, 4) is 23.1 Å². The van der Waals surface area contributed by atoms with Crippen molar-refractivity contribution in [2.75, 3.05) is 38.3 Å². The van der Waals surface area contributed by atoms with Crippen molar-refractivity contribution in [2.45, 2.75) is 19.9 Å². The van der Waals surface area contributed by atoms with Crippen LogP contribution in [-0.2, 0) is 4.74 Å². The smallest absolute Gasteiger partial charge is 0.267 e. The summed E-state index contributed by atoms with van der Waals surface area (Å²) in [5, 5.41) is 8.73. The van der Waals surface area contributed by atoms with Crippen LogP contribution in [0.25, 0.3) is 28.2 Å². The molecule has 0 radical (unpaired) electrons. The number of methoxy groups -OCH3 is 1. The largest absolute Gasteiger partial charge is 0.489 e. The van der Waals surface area contributed by atoms with Gasteiger partial charge < -0.3 is 18.9 Å². The molecule has 0 saturated carbocycles. The van der Waals surface area contributed by atoms with Gasteiger partial charge in [-0.15, -0.1) is 10.2 Å². The maximum absolute atomic E-state index is 13.5. The van der Waals surface area contributed by atoms with Crippen molar-refractivity contribution in [3.05, 3.63) is 53.3 Å². The fourth-order valence-corrected chi connectivity index (χ4v) is 3.97. The second-order valence-electron chi connectivity index (χ2n) is 8.12. The van der Waals surface area contributed by atoms with Crippen LogP contribution in [0.2, 0.25) is 0 Å². The zero-order valence-corrected chi connectivity index (χ0v) is 18.8. The van der Waals surface area contributed by atoms with E-state index in [1.54, 1.807) is 19.5 Å². The molecule has 4 heterocycles. The first-order chi connectivity index (χ1) is 16.1. The van der Waals surface area contributed by atoms with E-state index in [0.29, 0.717) is 48.0 Å². The molecule has 1 aromatic carbocycles. The first kappa shape index (κ1) is 21.1. The minimum atomic E-state index is -0.199. The average molecular weight is 447 g/mol. The lowest BCUT2D eigenvalue weighted by Crippen LogP contribution is -2.35. The van der Waals surface area contributed by atoms with Crippen LogP contribution >= 0.6 is 0 Å². The van der Waals surface area contributed by atoms with E-state index >= 15 is 0 Å². The van der Waals surface area contributed by atoms with Gasteiger partial charge >= 0.3 is 0 Å². The number of hydrogen-bond acceptors (Lipinski definition) is 8. The van der Waals surface area contributed by atoms with E-state index in [1.807, 2.05) is 28.8 Å². The summed E-state index contributed by atoms with van der Waals surface area (Å²) < 4.78 is 14.5. The lowest BCUT2D eigenvalue weighted by Gasteiger charge is -2.31. The topological polar surface area (TPSA) is 100 Å². The third-order valence-electron chi connectivity index (χ3n) is 5.70. The molecule has 0 N–H and O–H groups in total. The minimum Gasteiger partial charge on any atom is -0.489 e. The van der Waals surface area contributed by atoms with Crippen molar-refractivity contribution in [1.29, 1.82) is 0 Å². The van der Waals surface area contributed by atoms with Gasteiger partial charge in [0.2, 0.25) is 0 Å². The molecule has 0 unspecified atom stereocenters. The molecular weight excluding hydrogens is 422 g/mol. The molecule has 0 bridgehead atoms. The van der Waals surface area contributed by atoms with E-state index in [4.69, 9.17) is 9.47 Å². The second kappa shape index (κ2) is 8.62. The fourth-order valence-electron chi connectivity index (χ4n) is 3.97. The Morgan fingerprint density at radius 1 is 1.21 bits per heavy atom. The summed E-state index contributed by atoms with van der Waals surface area (Å²) in [5.41, 5.74) is 1.89. The molecule has 0 spiro atoms. The zero-order chi connectivity index (χ0) is 22.9. The van der Waals surface area contributed by atoms with Gasteiger partial charge in [-0.2, -0.15) is 0 Å². The quantitative estimate of drug-likeness (QED) is 0.444. The number of fused-ring (bicyclic) bond motifs is 2. The molecule has 5 rings (SSSR count). The summed E-state index contributed by atoms with van der Waals surface area (Å²) in [6.45, 7) is 6.72. The molecule has 3 aromatic heterocycles. The van der Waals surface area contributed by atoms with Crippen LogP contribution in [-0.4, -0.2) is 62.7 Å². The van der Waals surface area contributed by atoms with E-state index in [9.17, 15) is 4.79 Å². The highest BCUT2D eigenvalue weighted by atomic mass is 16.5. The number of aromatic nitrogens is 6. The molecule has 170 valence electrons. The van der Waals surface area contributed by atoms with Crippen molar-refractivity contribution in [3.63, 3.8) is 0 Å². The Morgan fingerprint density at radius 2 is 2.09 bits per heavy atom. The van der Waals surface area contributed by atoms with E-state index in [1.165, 1.54) is 10.9 Å². The highest BCUT2D eigenvalue weighted by molar-refractivity contribution is 5.86. The Labute approximate surface area is 190 Å². The van der Waals surface area contributed by atoms with Crippen LogP contribution in [0.4, 0.5) is 5.69 Å². The SMILES string of the molecule is COCCN1CCOc2cc3ncn(-c4cccc(-c5nncn5C(C)C)n4)c(=O)c3cc21.